The van der Waals surface area contributed by atoms with E-state index in [1.165, 1.54) is 22.7 Å². The Labute approximate surface area is 117 Å². The summed E-state index contributed by atoms with van der Waals surface area (Å²) in [5.41, 5.74) is 3.81. The van der Waals surface area contributed by atoms with Gasteiger partial charge in [0, 0.05) is 0 Å². The second kappa shape index (κ2) is 5.39. The van der Waals surface area contributed by atoms with E-state index in [4.69, 9.17) is 0 Å². The lowest BCUT2D eigenvalue weighted by molar-refractivity contribution is 0.156. The summed E-state index contributed by atoms with van der Waals surface area (Å²) in [6.07, 6.45) is 3.40. The van der Waals surface area contributed by atoms with Gasteiger partial charge in [0.2, 0.25) is 0 Å². The zero-order valence-corrected chi connectivity index (χ0v) is 11.9. The van der Waals surface area contributed by atoms with Crippen LogP contribution in [-0.2, 0) is 12.8 Å². The first-order chi connectivity index (χ1) is 9.29. The first-order valence-electron chi connectivity index (χ1n) is 6.86. The summed E-state index contributed by atoms with van der Waals surface area (Å²) in [5, 5.41) is 14.5. The van der Waals surface area contributed by atoms with Crippen LogP contribution in [0.2, 0.25) is 0 Å². The third-order valence-electron chi connectivity index (χ3n) is 3.84. The summed E-state index contributed by atoms with van der Waals surface area (Å²) < 4.78 is 3.99. The lowest BCUT2D eigenvalue weighted by Gasteiger charge is -2.31. The summed E-state index contributed by atoms with van der Waals surface area (Å²) in [6.45, 7) is 2.12. The molecule has 2 unspecified atom stereocenters. The molecule has 0 bridgehead atoms. The number of aliphatic hydroxyl groups is 1. The smallest absolute Gasteiger partial charge is 0.0923 e. The summed E-state index contributed by atoms with van der Waals surface area (Å²) in [6, 6.07) is 8.51. The van der Waals surface area contributed by atoms with E-state index in [2.05, 4.69) is 40.8 Å². The highest BCUT2D eigenvalue weighted by Crippen LogP contribution is 2.41. The van der Waals surface area contributed by atoms with Gasteiger partial charge in [-0.15, -0.1) is 5.10 Å². The highest BCUT2D eigenvalue weighted by atomic mass is 32.1. The second-order valence-corrected chi connectivity index (χ2v) is 5.97. The molecule has 1 aliphatic rings. The van der Waals surface area contributed by atoms with Crippen LogP contribution in [0.3, 0.4) is 0 Å². The van der Waals surface area contributed by atoms with Crippen molar-refractivity contribution < 1.29 is 5.11 Å². The molecular weight excluding hydrogens is 256 g/mol. The largest absolute Gasteiger partial charge is 0.387 e. The molecule has 0 radical (unpaired) electrons. The zero-order chi connectivity index (χ0) is 13.2. The molecule has 3 nitrogen and oxygen atoms in total. The standard InChI is InChI=1S/C15H18N2OS/c1-2-5-13-15(19-17-16-13)14(18)9-11-8-10-6-3-4-7-12(10)11/h3-4,6-7,11,14,18H,2,5,8-9H2,1H3. The minimum Gasteiger partial charge on any atom is -0.387 e. The van der Waals surface area contributed by atoms with Gasteiger partial charge in [-0.05, 0) is 47.8 Å². The molecule has 4 heteroatoms. The molecule has 19 heavy (non-hydrogen) atoms. The van der Waals surface area contributed by atoms with Gasteiger partial charge >= 0.3 is 0 Å². The van der Waals surface area contributed by atoms with E-state index in [1.807, 2.05) is 0 Å². The van der Waals surface area contributed by atoms with Gasteiger partial charge in [-0.25, -0.2) is 0 Å². The molecule has 1 aromatic carbocycles. The minimum absolute atomic E-state index is 0.417. The molecule has 3 rings (SSSR count). The Morgan fingerprint density at radius 2 is 2.26 bits per heavy atom. The number of nitrogens with zero attached hydrogens (tertiary/aromatic N) is 2. The zero-order valence-electron chi connectivity index (χ0n) is 11.0. The third kappa shape index (κ3) is 2.42. The number of benzene rings is 1. The molecule has 0 spiro atoms. The van der Waals surface area contributed by atoms with Crippen LogP contribution in [-0.4, -0.2) is 14.7 Å². The molecule has 2 aromatic rings. The molecule has 0 aliphatic heterocycles. The normalized spacial score (nSPS) is 18.7. The SMILES string of the molecule is CCCc1nnsc1C(O)CC1Cc2ccccc21. The van der Waals surface area contributed by atoms with Crippen LogP contribution in [0.4, 0.5) is 0 Å². The number of aryl methyl sites for hydroxylation is 1. The lowest BCUT2D eigenvalue weighted by Crippen LogP contribution is -2.19. The molecule has 1 N–H and O–H groups in total. The van der Waals surface area contributed by atoms with Crippen LogP contribution in [0.5, 0.6) is 0 Å². The van der Waals surface area contributed by atoms with E-state index < -0.39 is 6.10 Å². The number of aromatic nitrogens is 2. The molecule has 0 saturated heterocycles. The van der Waals surface area contributed by atoms with E-state index in [1.54, 1.807) is 0 Å². The molecular formula is C15H18N2OS. The predicted octanol–water partition coefficient (Wildman–Crippen LogP) is 3.25. The van der Waals surface area contributed by atoms with Gasteiger partial charge < -0.3 is 5.11 Å². The van der Waals surface area contributed by atoms with E-state index in [0.717, 1.165) is 36.3 Å². The fourth-order valence-corrected chi connectivity index (χ4v) is 3.52. The predicted molar refractivity (Wildman–Crippen MR) is 76.4 cm³/mol. The van der Waals surface area contributed by atoms with Crippen molar-refractivity contribution in [3.8, 4) is 0 Å². The first-order valence-corrected chi connectivity index (χ1v) is 7.64. The number of hydrogen-bond donors (Lipinski definition) is 1. The monoisotopic (exact) mass is 274 g/mol. The summed E-state index contributed by atoms with van der Waals surface area (Å²) >= 11 is 1.34. The maximum absolute atomic E-state index is 10.4. The van der Waals surface area contributed by atoms with Gasteiger partial charge in [0.05, 0.1) is 16.7 Å². The van der Waals surface area contributed by atoms with Crippen LogP contribution >= 0.6 is 11.5 Å². The lowest BCUT2D eigenvalue weighted by atomic mass is 9.74. The molecule has 2 atom stereocenters. The minimum atomic E-state index is -0.417. The molecule has 100 valence electrons. The van der Waals surface area contributed by atoms with Crippen molar-refractivity contribution in [2.75, 3.05) is 0 Å². The van der Waals surface area contributed by atoms with Gasteiger partial charge in [0.1, 0.15) is 0 Å². The average molecular weight is 274 g/mol. The van der Waals surface area contributed by atoms with Crippen LogP contribution in [0, 0.1) is 0 Å². The molecule has 0 saturated carbocycles. The van der Waals surface area contributed by atoms with Gasteiger partial charge in [0.25, 0.3) is 0 Å². The van der Waals surface area contributed by atoms with Crippen LogP contribution in [0.25, 0.3) is 0 Å². The highest BCUT2D eigenvalue weighted by Gasteiger charge is 2.29. The fraction of sp³-hybridized carbons (Fsp3) is 0.467. The summed E-state index contributed by atoms with van der Waals surface area (Å²) in [7, 11) is 0. The second-order valence-electron chi connectivity index (χ2n) is 5.19. The summed E-state index contributed by atoms with van der Waals surface area (Å²) in [5.74, 6) is 0.489. The van der Waals surface area contributed by atoms with Crippen molar-refractivity contribution in [3.63, 3.8) is 0 Å². The summed E-state index contributed by atoms with van der Waals surface area (Å²) in [4.78, 5) is 0.964. The third-order valence-corrected chi connectivity index (χ3v) is 4.71. The van der Waals surface area contributed by atoms with Crippen molar-refractivity contribution in [1.82, 2.24) is 9.59 Å². The Bertz CT molecular complexity index is 567. The van der Waals surface area contributed by atoms with Crippen LogP contribution < -0.4 is 0 Å². The first kappa shape index (κ1) is 12.8. The van der Waals surface area contributed by atoms with Crippen molar-refractivity contribution in [2.45, 2.75) is 44.6 Å². The molecule has 0 amide bonds. The van der Waals surface area contributed by atoms with Crippen molar-refractivity contribution in [1.29, 1.82) is 0 Å². The molecule has 1 aromatic heterocycles. The Hall–Kier alpha value is -1.26. The van der Waals surface area contributed by atoms with Crippen molar-refractivity contribution in [2.24, 2.45) is 0 Å². The van der Waals surface area contributed by atoms with Crippen LogP contribution in [0.1, 0.15) is 53.5 Å². The van der Waals surface area contributed by atoms with E-state index in [9.17, 15) is 5.11 Å². The Kier molecular flexibility index (Phi) is 3.62. The Balaban J connectivity index is 1.69. The van der Waals surface area contributed by atoms with E-state index in [0.29, 0.717) is 5.92 Å². The number of aliphatic hydroxyl groups excluding tert-OH is 1. The average Bonchev–Trinajstić information content (AvgIpc) is 2.84. The van der Waals surface area contributed by atoms with Gasteiger partial charge in [-0.1, -0.05) is 42.1 Å². The number of hydrogen-bond acceptors (Lipinski definition) is 4. The Morgan fingerprint density at radius 1 is 1.42 bits per heavy atom. The Morgan fingerprint density at radius 3 is 3.05 bits per heavy atom. The quantitative estimate of drug-likeness (QED) is 0.910. The maximum atomic E-state index is 10.4. The van der Waals surface area contributed by atoms with Gasteiger partial charge in [0.15, 0.2) is 0 Å². The van der Waals surface area contributed by atoms with E-state index in [-0.39, 0.29) is 0 Å². The highest BCUT2D eigenvalue weighted by molar-refractivity contribution is 7.05. The van der Waals surface area contributed by atoms with Crippen LogP contribution in [0.15, 0.2) is 24.3 Å². The molecule has 1 aliphatic carbocycles. The number of fused-ring (bicyclic) bond motifs is 1. The van der Waals surface area contributed by atoms with E-state index >= 15 is 0 Å². The topological polar surface area (TPSA) is 46.0 Å². The van der Waals surface area contributed by atoms with Crippen molar-refractivity contribution in [3.05, 3.63) is 46.0 Å². The van der Waals surface area contributed by atoms with Gasteiger partial charge in [-0.2, -0.15) is 0 Å². The fourth-order valence-electron chi connectivity index (χ4n) is 2.83. The molecule has 0 fully saturated rings. The molecule has 1 heterocycles. The van der Waals surface area contributed by atoms with Gasteiger partial charge in [-0.3, -0.25) is 0 Å². The van der Waals surface area contributed by atoms with Crippen molar-refractivity contribution >= 4 is 11.5 Å². The number of rotatable bonds is 5. The maximum Gasteiger partial charge on any atom is 0.0923 e.